The summed E-state index contributed by atoms with van der Waals surface area (Å²) in [6, 6.07) is 9.42. The van der Waals surface area contributed by atoms with Crippen molar-refractivity contribution in [1.82, 2.24) is 9.80 Å². The lowest BCUT2D eigenvalue weighted by atomic mass is 9.80. The van der Waals surface area contributed by atoms with Crippen molar-refractivity contribution in [2.75, 3.05) is 39.4 Å². The molecule has 0 aliphatic carbocycles. The van der Waals surface area contributed by atoms with Gasteiger partial charge in [0.15, 0.2) is 5.60 Å². The van der Waals surface area contributed by atoms with Crippen molar-refractivity contribution in [3.8, 4) is 22.6 Å². The summed E-state index contributed by atoms with van der Waals surface area (Å²) < 4.78 is 63.1. The Hall–Kier alpha value is -3.54. The molecule has 5 rings (SSSR count). The van der Waals surface area contributed by atoms with Crippen molar-refractivity contribution in [1.29, 1.82) is 0 Å². The van der Waals surface area contributed by atoms with Gasteiger partial charge in [0.2, 0.25) is 0 Å². The average molecular weight is 594 g/mol. The van der Waals surface area contributed by atoms with Gasteiger partial charge in [0.05, 0.1) is 31.5 Å². The zero-order chi connectivity index (χ0) is 30.1. The molecule has 8 nitrogen and oxygen atoms in total. The van der Waals surface area contributed by atoms with E-state index in [9.17, 15) is 27.5 Å². The first-order valence-corrected chi connectivity index (χ1v) is 14.1. The van der Waals surface area contributed by atoms with Crippen LogP contribution in [-0.4, -0.2) is 77.9 Å². The van der Waals surface area contributed by atoms with E-state index in [1.54, 1.807) is 6.92 Å². The van der Waals surface area contributed by atoms with Crippen LogP contribution in [0.3, 0.4) is 0 Å². The highest BCUT2D eigenvalue weighted by Gasteiger charge is 2.51. The minimum atomic E-state index is -4.38. The molecule has 0 aromatic heterocycles. The second-order valence-corrected chi connectivity index (χ2v) is 11.6. The van der Waals surface area contributed by atoms with E-state index in [1.807, 2.05) is 25.1 Å². The molecule has 0 saturated carbocycles. The number of hydrogen-bond acceptors (Lipinski definition) is 7. The molecule has 3 heterocycles. The van der Waals surface area contributed by atoms with Gasteiger partial charge >= 0.3 is 12.1 Å². The standard InChI is InChI=1S/C30H35F4N3O5/c1-3-40-24-14-20(4-6-22(24)23-7-5-21(31)15-25(23)41-13-10-30(32,33)34)17-36-18-29(19-36)16-26(35-42-29)37-11-8-28(2,9-12-37)27(38)39/h4-7,14-15H,3,8-13,16-19H2,1-2H3,(H,38,39). The molecule has 42 heavy (non-hydrogen) atoms. The highest BCUT2D eigenvalue weighted by atomic mass is 19.4. The third-order valence-electron chi connectivity index (χ3n) is 8.23. The summed E-state index contributed by atoms with van der Waals surface area (Å²) in [5.41, 5.74) is 0.932. The maximum Gasteiger partial charge on any atom is 0.392 e. The zero-order valence-electron chi connectivity index (χ0n) is 23.7. The van der Waals surface area contributed by atoms with Crippen LogP contribution in [0.25, 0.3) is 11.1 Å². The smallest absolute Gasteiger partial charge is 0.392 e. The summed E-state index contributed by atoms with van der Waals surface area (Å²) in [5, 5.41) is 13.8. The van der Waals surface area contributed by atoms with Crippen LogP contribution in [0.4, 0.5) is 17.6 Å². The topological polar surface area (TPSA) is 83.8 Å². The first-order chi connectivity index (χ1) is 19.9. The van der Waals surface area contributed by atoms with Crippen molar-refractivity contribution >= 4 is 11.8 Å². The van der Waals surface area contributed by atoms with Crippen LogP contribution in [0, 0.1) is 11.2 Å². The van der Waals surface area contributed by atoms with Gasteiger partial charge in [-0.25, -0.2) is 4.39 Å². The number of rotatable bonds is 9. The maximum absolute atomic E-state index is 14.0. The molecule has 0 bridgehead atoms. The molecule has 0 amide bonds. The fraction of sp³-hybridized carbons (Fsp3) is 0.533. The van der Waals surface area contributed by atoms with Crippen LogP contribution < -0.4 is 9.47 Å². The number of aliphatic carboxylic acids is 1. The van der Waals surface area contributed by atoms with Crippen molar-refractivity contribution in [3.63, 3.8) is 0 Å². The van der Waals surface area contributed by atoms with Crippen LogP contribution in [0.2, 0.25) is 0 Å². The highest BCUT2D eigenvalue weighted by Crippen LogP contribution is 2.40. The third-order valence-corrected chi connectivity index (χ3v) is 8.23. The number of likely N-dealkylation sites (tertiary alicyclic amines) is 2. The molecule has 2 aromatic rings. The van der Waals surface area contributed by atoms with Crippen LogP contribution in [0.1, 0.15) is 45.1 Å². The number of halogens is 4. The molecule has 0 atom stereocenters. The minimum Gasteiger partial charge on any atom is -0.493 e. The molecule has 2 fully saturated rings. The second-order valence-electron chi connectivity index (χ2n) is 11.6. The minimum absolute atomic E-state index is 0.0214. The Morgan fingerprint density at radius 1 is 1.07 bits per heavy atom. The predicted molar refractivity (Wildman–Crippen MR) is 147 cm³/mol. The predicted octanol–water partition coefficient (Wildman–Crippen LogP) is 5.70. The molecule has 1 N–H and O–H groups in total. The monoisotopic (exact) mass is 593 g/mol. The first kappa shape index (κ1) is 29.9. The Morgan fingerprint density at radius 3 is 2.38 bits per heavy atom. The molecule has 0 radical (unpaired) electrons. The van der Waals surface area contributed by atoms with Gasteiger partial charge in [-0.2, -0.15) is 13.2 Å². The van der Waals surface area contributed by atoms with Gasteiger partial charge < -0.3 is 24.3 Å². The van der Waals surface area contributed by atoms with Crippen molar-refractivity contribution < 1.29 is 41.8 Å². The van der Waals surface area contributed by atoms with Gasteiger partial charge in [-0.05, 0) is 50.5 Å². The highest BCUT2D eigenvalue weighted by molar-refractivity contribution is 5.85. The van der Waals surface area contributed by atoms with Crippen molar-refractivity contribution in [2.45, 2.75) is 57.9 Å². The Balaban J connectivity index is 1.21. The fourth-order valence-corrected chi connectivity index (χ4v) is 5.73. The summed E-state index contributed by atoms with van der Waals surface area (Å²) in [6.45, 7) is 6.64. The lowest BCUT2D eigenvalue weighted by Crippen LogP contribution is -2.61. The molecule has 3 aliphatic rings. The molecule has 12 heteroatoms. The molecule has 2 aromatic carbocycles. The number of benzene rings is 2. The number of alkyl halides is 3. The molecule has 228 valence electrons. The van der Waals surface area contributed by atoms with E-state index in [0.717, 1.165) is 17.5 Å². The molecular formula is C30H35F4N3O5. The van der Waals surface area contributed by atoms with E-state index in [1.165, 1.54) is 12.1 Å². The number of piperidine rings is 1. The SMILES string of the molecule is CCOc1cc(CN2CC3(CC(N4CCC(C)(C(=O)O)CC4)=NO3)C2)ccc1-c1ccc(F)cc1OCCC(F)(F)F. The summed E-state index contributed by atoms with van der Waals surface area (Å²) in [6.07, 6.45) is -3.71. The van der Waals surface area contributed by atoms with E-state index >= 15 is 0 Å². The number of carbonyl (C=O) groups is 1. The van der Waals surface area contributed by atoms with Gasteiger partial charge in [0.1, 0.15) is 23.2 Å². The van der Waals surface area contributed by atoms with Gasteiger partial charge in [-0.15, -0.1) is 0 Å². The van der Waals surface area contributed by atoms with Gasteiger partial charge in [0, 0.05) is 49.9 Å². The van der Waals surface area contributed by atoms with Crippen LogP contribution in [0.5, 0.6) is 11.5 Å². The number of nitrogens with zero attached hydrogens (tertiary/aromatic N) is 3. The molecule has 3 aliphatic heterocycles. The molecule has 0 unspecified atom stereocenters. The summed E-state index contributed by atoms with van der Waals surface area (Å²) in [4.78, 5) is 21.8. The lowest BCUT2D eigenvalue weighted by molar-refractivity contribution is -0.150. The quantitative estimate of drug-likeness (QED) is 0.374. The number of amidine groups is 1. The Bertz CT molecular complexity index is 1330. The molecule has 2 saturated heterocycles. The van der Waals surface area contributed by atoms with E-state index in [0.29, 0.717) is 75.5 Å². The molecular weight excluding hydrogens is 558 g/mol. The molecule has 1 spiro atoms. The Morgan fingerprint density at radius 2 is 1.74 bits per heavy atom. The van der Waals surface area contributed by atoms with E-state index in [-0.39, 0.29) is 11.4 Å². The second kappa shape index (κ2) is 11.6. The number of hydrogen-bond donors (Lipinski definition) is 1. The lowest BCUT2D eigenvalue weighted by Gasteiger charge is -2.45. The number of oxime groups is 1. The normalized spacial score (nSPS) is 19.7. The van der Waals surface area contributed by atoms with Crippen molar-refractivity contribution in [2.24, 2.45) is 10.6 Å². The van der Waals surface area contributed by atoms with Crippen LogP contribution >= 0.6 is 0 Å². The maximum atomic E-state index is 14.0. The van der Waals surface area contributed by atoms with E-state index < -0.39 is 36.4 Å². The van der Waals surface area contributed by atoms with Crippen LogP contribution in [0.15, 0.2) is 41.6 Å². The summed E-state index contributed by atoms with van der Waals surface area (Å²) in [7, 11) is 0. The first-order valence-electron chi connectivity index (χ1n) is 14.1. The Kier molecular flexibility index (Phi) is 8.28. The fourth-order valence-electron chi connectivity index (χ4n) is 5.73. The zero-order valence-corrected chi connectivity index (χ0v) is 23.7. The van der Waals surface area contributed by atoms with E-state index in [2.05, 4.69) is 15.0 Å². The van der Waals surface area contributed by atoms with Crippen LogP contribution in [-0.2, 0) is 16.2 Å². The van der Waals surface area contributed by atoms with Gasteiger partial charge in [-0.3, -0.25) is 9.69 Å². The van der Waals surface area contributed by atoms with Crippen molar-refractivity contribution in [3.05, 3.63) is 47.8 Å². The Labute approximate surface area is 241 Å². The summed E-state index contributed by atoms with van der Waals surface area (Å²) in [5.74, 6) is 0.0533. The number of carboxylic acids is 1. The third kappa shape index (κ3) is 6.58. The largest absolute Gasteiger partial charge is 0.493 e. The summed E-state index contributed by atoms with van der Waals surface area (Å²) >= 11 is 0. The van der Waals surface area contributed by atoms with Gasteiger partial charge in [0.25, 0.3) is 0 Å². The number of ether oxygens (including phenoxy) is 2. The number of carboxylic acid groups (broad SMARTS) is 1. The van der Waals surface area contributed by atoms with E-state index in [4.69, 9.17) is 14.3 Å². The van der Waals surface area contributed by atoms with Gasteiger partial charge in [-0.1, -0.05) is 17.3 Å². The average Bonchev–Trinajstić information content (AvgIpc) is 3.35.